The molecule has 26 heteroatoms. The van der Waals surface area contributed by atoms with Crippen molar-refractivity contribution < 1.29 is 63.3 Å². The number of rotatable bonds is 18. The molecule has 0 saturated carbocycles. The molecule has 0 unspecified atom stereocenters. The van der Waals surface area contributed by atoms with Gasteiger partial charge >= 0.3 is 0 Å². The number of carbonyl (C=O) groups is 10. The van der Waals surface area contributed by atoms with Crippen molar-refractivity contribution in [1.29, 1.82) is 0 Å². The van der Waals surface area contributed by atoms with E-state index in [0.717, 1.165) is 11.8 Å². The van der Waals surface area contributed by atoms with Gasteiger partial charge in [-0.05, 0) is 77.1 Å². The number of benzene rings is 1. The van der Waals surface area contributed by atoms with Crippen LogP contribution in [0, 0.1) is 5.92 Å². The lowest BCUT2D eigenvalue weighted by molar-refractivity contribution is -0.143. The van der Waals surface area contributed by atoms with Gasteiger partial charge in [-0.3, -0.25) is 47.9 Å². The number of hydrogen-bond acceptors (Lipinski definition) is 16. The highest BCUT2D eigenvalue weighted by atomic mass is 16.3. The van der Waals surface area contributed by atoms with Crippen LogP contribution in [0.15, 0.2) is 30.3 Å². The van der Waals surface area contributed by atoms with Crippen molar-refractivity contribution in [2.45, 2.75) is 140 Å². The van der Waals surface area contributed by atoms with Gasteiger partial charge in [-0.2, -0.15) is 0 Å². The maximum atomic E-state index is 14.3. The third-order valence-electron chi connectivity index (χ3n) is 11.4. The fourth-order valence-electron chi connectivity index (χ4n) is 7.45. The average molecular weight is 1010 g/mol. The predicted molar refractivity (Wildman–Crippen MR) is 256 cm³/mol. The van der Waals surface area contributed by atoms with Crippen molar-refractivity contribution >= 4 is 59.1 Å². The molecule has 0 radical (unpaired) electrons. The fraction of sp³-hybridized carbons (Fsp3) is 0.644. The van der Waals surface area contributed by atoms with Gasteiger partial charge in [-0.1, -0.05) is 44.2 Å². The lowest BCUT2D eigenvalue weighted by Gasteiger charge is -2.30. The minimum absolute atomic E-state index is 0.0535. The van der Waals surface area contributed by atoms with Crippen LogP contribution in [0.4, 0.5) is 0 Å². The maximum absolute atomic E-state index is 14.3. The molecule has 26 nitrogen and oxygen atoms in total. The van der Waals surface area contributed by atoms with Gasteiger partial charge in [-0.25, -0.2) is 0 Å². The molecule has 10 amide bonds. The Labute approximate surface area is 412 Å². The second kappa shape index (κ2) is 30.4. The molecule has 1 saturated heterocycles. The molecule has 1 heterocycles. The Kier molecular flexibility index (Phi) is 26.1. The second-order valence-corrected chi connectivity index (χ2v) is 17.8. The molecule has 1 aromatic carbocycles. The summed E-state index contributed by atoms with van der Waals surface area (Å²) in [5, 5.41) is 53.6. The van der Waals surface area contributed by atoms with Crippen molar-refractivity contribution in [2.75, 3.05) is 39.8 Å². The largest absolute Gasteiger partial charge is 0.394 e. The van der Waals surface area contributed by atoms with Crippen LogP contribution in [0.2, 0.25) is 0 Å². The molecule has 1 aliphatic rings. The van der Waals surface area contributed by atoms with E-state index in [1.807, 2.05) is 0 Å². The molecule has 71 heavy (non-hydrogen) atoms. The summed E-state index contributed by atoms with van der Waals surface area (Å²) in [6.07, 6.45) is -4.03. The van der Waals surface area contributed by atoms with Crippen LogP contribution in [0.25, 0.3) is 0 Å². The minimum atomic E-state index is -1.78. The number of nitrogens with two attached hydrogens (primary N) is 3. The highest BCUT2D eigenvalue weighted by Crippen LogP contribution is 2.11. The summed E-state index contributed by atoms with van der Waals surface area (Å²) in [4.78, 5) is 138. The summed E-state index contributed by atoms with van der Waals surface area (Å²) in [6.45, 7) is 5.18. The molecule has 18 N–H and O–H groups in total. The lowest BCUT2D eigenvalue weighted by atomic mass is 10.00. The Morgan fingerprint density at radius 3 is 1.61 bits per heavy atom. The number of nitrogens with one attached hydrogen (secondary N) is 9. The van der Waals surface area contributed by atoms with Gasteiger partial charge in [0.15, 0.2) is 0 Å². The first-order chi connectivity index (χ1) is 33.5. The van der Waals surface area contributed by atoms with Crippen molar-refractivity contribution in [3.05, 3.63) is 35.9 Å². The first-order valence-corrected chi connectivity index (χ1v) is 23.5. The first kappa shape index (κ1) is 60.8. The summed E-state index contributed by atoms with van der Waals surface area (Å²) in [5.74, 6) is -9.39. The van der Waals surface area contributed by atoms with Crippen LogP contribution in [-0.2, 0) is 54.4 Å². The van der Waals surface area contributed by atoms with Crippen molar-refractivity contribution in [3.8, 4) is 0 Å². The monoisotopic (exact) mass is 1010 g/mol. The number of hydrogen-bond donors (Lipinski definition) is 15. The Morgan fingerprint density at radius 2 is 1.14 bits per heavy atom. The molecule has 1 fully saturated rings. The van der Waals surface area contributed by atoms with Gasteiger partial charge in [0.2, 0.25) is 59.1 Å². The van der Waals surface area contributed by atoms with Gasteiger partial charge < -0.3 is 85.3 Å². The first-order valence-electron chi connectivity index (χ1n) is 23.5. The highest BCUT2D eigenvalue weighted by Gasteiger charge is 2.37. The summed E-state index contributed by atoms with van der Waals surface area (Å²) < 4.78 is 0. The number of nitrogens with zero attached hydrogens (tertiary/aromatic N) is 1. The molecule has 0 aliphatic carbocycles. The Morgan fingerprint density at radius 1 is 0.676 bits per heavy atom. The Balaban J connectivity index is 2.74. The van der Waals surface area contributed by atoms with E-state index < -0.39 is 145 Å². The molecule has 0 spiro atoms. The summed E-state index contributed by atoms with van der Waals surface area (Å²) in [6, 6.07) is -5.02. The van der Waals surface area contributed by atoms with Gasteiger partial charge in [0.1, 0.15) is 54.4 Å². The molecule has 0 aromatic heterocycles. The second-order valence-electron chi connectivity index (χ2n) is 17.8. The van der Waals surface area contributed by atoms with Crippen LogP contribution >= 0.6 is 0 Å². The molecular weight excluding hydrogens is 931 g/mol. The van der Waals surface area contributed by atoms with Crippen molar-refractivity contribution in [2.24, 2.45) is 23.1 Å². The lowest BCUT2D eigenvalue weighted by Crippen LogP contribution is -2.61. The van der Waals surface area contributed by atoms with Crippen molar-refractivity contribution in [3.63, 3.8) is 0 Å². The normalized spacial score (nSPS) is 24.2. The number of likely N-dealkylation sites (N-methyl/N-ethyl adjacent to an activating group) is 1. The van der Waals surface area contributed by atoms with Crippen molar-refractivity contribution in [1.82, 2.24) is 52.8 Å². The number of aliphatic hydroxyl groups is 3. The van der Waals surface area contributed by atoms with E-state index in [1.165, 1.54) is 20.9 Å². The molecule has 0 bridgehead atoms. The van der Waals surface area contributed by atoms with Crippen LogP contribution in [0.5, 0.6) is 0 Å². The summed E-state index contributed by atoms with van der Waals surface area (Å²) in [7, 11) is 1.23. The molecule has 1 aliphatic heterocycles. The predicted octanol–water partition coefficient (Wildman–Crippen LogP) is -6.68. The minimum Gasteiger partial charge on any atom is -0.394 e. The standard InChI is InChI=1S/C45H75N13O13/c1-23(2)20-32-41(67)52-28(12-16-46)37(63)51-30(14-18-48)40(66)57-35(24(3)60)44(70)49-19-15-31(53-43(69)34(22-59)56-45(71)36(25(4)61)58(6)26(5)62)39(65)50-29(13-17-47)38(64)55-33(42(68)54-32)21-27-10-8-7-9-11-27/h7-11,23-25,28-36,59-61H,12-22,46-48H2,1-6H3,(H,49,70)(H,50,65)(H,51,63)(H,52,67)(H,53,69)(H,54,68)(H,55,64)(H,56,71)(H,57,66)/t24-,25-,28+,29+,30+,31+,32+,33-,34-,35+,36+/m1/s1. The molecule has 398 valence electrons. The molecular formula is C45H75N13O13. The smallest absolute Gasteiger partial charge is 0.246 e. The third kappa shape index (κ3) is 19.8. The fourth-order valence-corrected chi connectivity index (χ4v) is 7.45. The van der Waals surface area contributed by atoms with E-state index in [-0.39, 0.29) is 57.7 Å². The quantitative estimate of drug-likeness (QED) is 0.0650. The van der Waals surface area contributed by atoms with E-state index >= 15 is 0 Å². The molecule has 2 rings (SSSR count). The third-order valence-corrected chi connectivity index (χ3v) is 11.4. The molecule has 1 aromatic rings. The topological polar surface area (TPSA) is 421 Å². The van der Waals surface area contributed by atoms with Crippen LogP contribution < -0.4 is 65.1 Å². The number of aliphatic hydroxyl groups excluding tert-OH is 3. The van der Waals surface area contributed by atoms with Gasteiger partial charge in [0.05, 0.1) is 18.8 Å². The Hall–Kier alpha value is -6.32. The van der Waals surface area contributed by atoms with Crippen LogP contribution in [0.3, 0.4) is 0 Å². The SMILES string of the molecule is CC(=O)N(C)[C@H](C(=O)N[C@H](CO)C(=O)N[C@H]1CCNC(=O)[C@H]([C@@H](C)O)NC(=O)[C@H](CCN)NC(=O)[C@H](CCN)NC(=O)[C@H](CC(C)C)NC(=O)[C@@H](Cc2ccccc2)NC(=O)[C@H](CCN)NC1=O)[C@@H](C)O. The Bertz CT molecular complexity index is 1980. The highest BCUT2D eigenvalue weighted by molar-refractivity contribution is 5.99. The van der Waals surface area contributed by atoms with E-state index in [4.69, 9.17) is 17.2 Å². The van der Waals surface area contributed by atoms with Crippen LogP contribution in [0.1, 0.15) is 72.3 Å². The zero-order valence-corrected chi connectivity index (χ0v) is 41.2. The van der Waals surface area contributed by atoms with Crippen LogP contribution in [-0.4, -0.2) is 186 Å². The number of carbonyl (C=O) groups excluding carboxylic acids is 10. The summed E-state index contributed by atoms with van der Waals surface area (Å²) >= 11 is 0. The average Bonchev–Trinajstić information content (AvgIpc) is 3.30. The van der Waals surface area contributed by atoms with E-state index in [1.54, 1.807) is 44.2 Å². The van der Waals surface area contributed by atoms with Gasteiger partial charge in [-0.15, -0.1) is 0 Å². The van der Waals surface area contributed by atoms with E-state index in [0.29, 0.717) is 5.56 Å². The van der Waals surface area contributed by atoms with E-state index in [2.05, 4.69) is 47.9 Å². The number of amides is 10. The van der Waals surface area contributed by atoms with Gasteiger partial charge in [0.25, 0.3) is 0 Å². The summed E-state index contributed by atoms with van der Waals surface area (Å²) in [5.41, 5.74) is 18.1. The van der Waals surface area contributed by atoms with Gasteiger partial charge in [0, 0.05) is 26.9 Å². The zero-order valence-electron chi connectivity index (χ0n) is 41.2. The molecule has 11 atom stereocenters. The van der Waals surface area contributed by atoms with E-state index in [9.17, 15) is 63.3 Å². The zero-order chi connectivity index (χ0) is 53.5. The maximum Gasteiger partial charge on any atom is 0.246 e.